The van der Waals surface area contributed by atoms with Gasteiger partial charge in [0.1, 0.15) is 24.1 Å². The van der Waals surface area contributed by atoms with Crippen LogP contribution in [0.3, 0.4) is 0 Å². The minimum absolute atomic E-state index is 0.00925. The van der Waals surface area contributed by atoms with Crippen LogP contribution in [0.5, 0.6) is 6.01 Å². The first-order valence-corrected chi connectivity index (χ1v) is 13.9. The van der Waals surface area contributed by atoms with Crippen LogP contribution in [0, 0.1) is 5.82 Å². The average Bonchev–Trinajstić information content (AvgIpc) is 3.66. The third kappa shape index (κ3) is 5.80. The third-order valence-electron chi connectivity index (χ3n) is 7.54. The summed E-state index contributed by atoms with van der Waals surface area (Å²) in [6, 6.07) is 12.0. The number of carbonyl (C=O) groups excluding carboxylic acids is 1. The van der Waals surface area contributed by atoms with Gasteiger partial charge in [-0.05, 0) is 47.5 Å². The molecule has 0 amide bonds. The van der Waals surface area contributed by atoms with Crippen LogP contribution in [0.2, 0.25) is 5.02 Å². The Bertz CT molecular complexity index is 1660. The quantitative estimate of drug-likeness (QED) is 0.198. The molecule has 10 nitrogen and oxygen atoms in total. The Morgan fingerprint density at radius 3 is 2.57 bits per heavy atom. The van der Waals surface area contributed by atoms with Gasteiger partial charge in [-0.1, -0.05) is 17.7 Å². The molecular formula is C30H30ClFN6O4. The van der Waals surface area contributed by atoms with Crippen molar-refractivity contribution in [2.75, 3.05) is 51.9 Å². The number of aromatic nitrogens is 4. The lowest BCUT2D eigenvalue weighted by atomic mass is 10.2. The number of esters is 1. The summed E-state index contributed by atoms with van der Waals surface area (Å²) in [6.45, 7) is 5.02. The highest BCUT2D eigenvalue weighted by molar-refractivity contribution is 6.30. The summed E-state index contributed by atoms with van der Waals surface area (Å²) in [5, 5.41) is 0.335. The average molecular weight is 593 g/mol. The van der Waals surface area contributed by atoms with Gasteiger partial charge in [-0.3, -0.25) is 4.90 Å². The van der Waals surface area contributed by atoms with Gasteiger partial charge in [0.05, 0.1) is 36.9 Å². The summed E-state index contributed by atoms with van der Waals surface area (Å²) >= 11 is 5.84. The number of fused-ring (bicyclic) bond motifs is 1. The Labute approximate surface area is 247 Å². The van der Waals surface area contributed by atoms with Gasteiger partial charge in [-0.25, -0.2) is 19.2 Å². The summed E-state index contributed by atoms with van der Waals surface area (Å²) < 4.78 is 32.2. The number of benzene rings is 2. The van der Waals surface area contributed by atoms with Crippen LogP contribution in [-0.2, 0) is 29.2 Å². The molecule has 42 heavy (non-hydrogen) atoms. The van der Waals surface area contributed by atoms with Gasteiger partial charge in [0, 0.05) is 56.6 Å². The first-order chi connectivity index (χ1) is 20.4. The van der Waals surface area contributed by atoms with Crippen LogP contribution in [-0.4, -0.2) is 77.4 Å². The number of imidazole rings is 1. The van der Waals surface area contributed by atoms with E-state index in [9.17, 15) is 9.18 Å². The first kappa shape index (κ1) is 28.1. The number of carbonyl (C=O) groups is 1. The van der Waals surface area contributed by atoms with Crippen molar-refractivity contribution in [3.05, 3.63) is 87.6 Å². The molecule has 0 aliphatic carbocycles. The second-order valence-corrected chi connectivity index (χ2v) is 10.7. The van der Waals surface area contributed by atoms with Crippen molar-refractivity contribution in [2.45, 2.75) is 19.7 Å². The Morgan fingerprint density at radius 2 is 1.83 bits per heavy atom. The van der Waals surface area contributed by atoms with Gasteiger partial charge in [-0.2, -0.15) is 4.98 Å². The molecule has 0 N–H and O–H groups in total. The normalized spacial score (nSPS) is 15.1. The zero-order valence-corrected chi connectivity index (χ0v) is 24.1. The molecule has 0 spiro atoms. The van der Waals surface area contributed by atoms with E-state index in [2.05, 4.69) is 24.3 Å². The van der Waals surface area contributed by atoms with Gasteiger partial charge in [0.25, 0.3) is 0 Å². The largest absolute Gasteiger partial charge is 0.465 e. The lowest BCUT2D eigenvalue weighted by molar-refractivity contribution is 0.0601. The van der Waals surface area contributed by atoms with Gasteiger partial charge < -0.3 is 23.7 Å². The molecular weight excluding hydrogens is 563 g/mol. The zero-order chi connectivity index (χ0) is 29.2. The van der Waals surface area contributed by atoms with Gasteiger partial charge in [-0.15, -0.1) is 0 Å². The van der Waals surface area contributed by atoms with Crippen molar-refractivity contribution in [3.8, 4) is 6.01 Å². The Kier molecular flexibility index (Phi) is 8.05. The highest BCUT2D eigenvalue weighted by Gasteiger charge is 2.31. The SMILES string of the molecule is COCCn1c(CN2CC3=C(C2)CN(c2ccnc(OCc4ccc(Cl)cc4F)n2)C3)nc2ccc(C(=O)OC)cc21. The first-order valence-electron chi connectivity index (χ1n) is 13.5. The number of nitrogens with zero attached hydrogens (tertiary/aromatic N) is 6. The molecule has 0 radical (unpaired) electrons. The fourth-order valence-corrected chi connectivity index (χ4v) is 5.62. The summed E-state index contributed by atoms with van der Waals surface area (Å²) in [4.78, 5) is 30.3. The predicted octanol–water partition coefficient (Wildman–Crippen LogP) is 4.26. The standard InChI is InChI=1S/C30H30ClFN6O4/c1-40-10-9-38-26-11-19(29(39)41-2)4-6-25(26)34-28(38)17-36-13-21-15-37(16-22(21)14-36)27-7-8-33-30(35-27)42-18-20-3-5-23(31)12-24(20)32/h3-8,11-12H,9-10,13-18H2,1-2H3. The summed E-state index contributed by atoms with van der Waals surface area (Å²) in [5.74, 6) is 0.890. The summed E-state index contributed by atoms with van der Waals surface area (Å²) in [5.41, 5.74) is 5.33. The molecule has 4 aromatic rings. The van der Waals surface area contributed by atoms with E-state index < -0.39 is 5.82 Å². The van der Waals surface area contributed by atoms with Crippen molar-refractivity contribution < 1.29 is 23.4 Å². The molecule has 0 fully saturated rings. The fourth-order valence-electron chi connectivity index (χ4n) is 5.46. The van der Waals surface area contributed by atoms with E-state index in [1.54, 1.807) is 31.5 Å². The maximum absolute atomic E-state index is 14.1. The Balaban J connectivity index is 1.10. The number of rotatable bonds is 10. The monoisotopic (exact) mass is 592 g/mol. The van der Waals surface area contributed by atoms with Crippen LogP contribution in [0.1, 0.15) is 21.7 Å². The van der Waals surface area contributed by atoms with E-state index in [1.807, 2.05) is 18.2 Å². The predicted molar refractivity (Wildman–Crippen MR) is 155 cm³/mol. The molecule has 2 aliphatic rings. The molecule has 2 aromatic heterocycles. The van der Waals surface area contributed by atoms with Crippen molar-refractivity contribution in [1.29, 1.82) is 0 Å². The van der Waals surface area contributed by atoms with E-state index in [0.717, 1.165) is 48.9 Å². The van der Waals surface area contributed by atoms with E-state index >= 15 is 0 Å². The van der Waals surface area contributed by atoms with E-state index in [1.165, 1.54) is 24.3 Å². The minimum Gasteiger partial charge on any atom is -0.465 e. The van der Waals surface area contributed by atoms with Crippen LogP contribution in [0.4, 0.5) is 10.2 Å². The van der Waals surface area contributed by atoms with Crippen molar-refractivity contribution in [1.82, 2.24) is 24.4 Å². The van der Waals surface area contributed by atoms with Crippen molar-refractivity contribution >= 4 is 34.4 Å². The minimum atomic E-state index is -0.427. The molecule has 0 saturated heterocycles. The summed E-state index contributed by atoms with van der Waals surface area (Å²) in [7, 11) is 3.05. The molecule has 0 saturated carbocycles. The number of hydrogen-bond donors (Lipinski definition) is 0. The van der Waals surface area contributed by atoms with E-state index in [4.69, 9.17) is 30.8 Å². The molecule has 2 aliphatic heterocycles. The molecule has 0 bridgehead atoms. The van der Waals surface area contributed by atoms with E-state index in [0.29, 0.717) is 35.8 Å². The number of halogens is 2. The van der Waals surface area contributed by atoms with Gasteiger partial charge in [0.15, 0.2) is 0 Å². The van der Waals surface area contributed by atoms with E-state index in [-0.39, 0.29) is 18.6 Å². The zero-order valence-electron chi connectivity index (χ0n) is 23.3. The summed E-state index contributed by atoms with van der Waals surface area (Å²) in [6.07, 6.45) is 1.65. The smallest absolute Gasteiger partial charge is 0.337 e. The lowest BCUT2D eigenvalue weighted by Crippen LogP contribution is -2.31. The molecule has 2 aromatic carbocycles. The lowest BCUT2D eigenvalue weighted by Gasteiger charge is -2.23. The fraction of sp³-hybridized carbons (Fsp3) is 0.333. The molecule has 0 atom stereocenters. The van der Waals surface area contributed by atoms with Crippen LogP contribution in [0.15, 0.2) is 59.8 Å². The van der Waals surface area contributed by atoms with Gasteiger partial charge in [0.2, 0.25) is 0 Å². The highest BCUT2D eigenvalue weighted by atomic mass is 35.5. The Hall–Kier alpha value is -4.06. The third-order valence-corrected chi connectivity index (χ3v) is 7.77. The van der Waals surface area contributed by atoms with Gasteiger partial charge >= 0.3 is 12.0 Å². The second-order valence-electron chi connectivity index (χ2n) is 10.3. The van der Waals surface area contributed by atoms with Crippen LogP contribution < -0.4 is 9.64 Å². The molecule has 218 valence electrons. The molecule has 4 heterocycles. The maximum Gasteiger partial charge on any atom is 0.337 e. The second kappa shape index (κ2) is 12.0. The van der Waals surface area contributed by atoms with Crippen LogP contribution in [0.25, 0.3) is 11.0 Å². The number of anilines is 1. The molecule has 0 unspecified atom stereocenters. The number of hydrogen-bond acceptors (Lipinski definition) is 9. The topological polar surface area (TPSA) is 94.8 Å². The number of methoxy groups -OCH3 is 2. The van der Waals surface area contributed by atoms with Crippen molar-refractivity contribution in [2.24, 2.45) is 0 Å². The highest BCUT2D eigenvalue weighted by Crippen LogP contribution is 2.30. The molecule has 12 heteroatoms. The maximum atomic E-state index is 14.1. The molecule has 6 rings (SSSR count). The van der Waals surface area contributed by atoms with Crippen molar-refractivity contribution in [3.63, 3.8) is 0 Å². The van der Waals surface area contributed by atoms with Crippen LogP contribution >= 0.6 is 11.6 Å². The Morgan fingerprint density at radius 1 is 1.02 bits per heavy atom. The number of ether oxygens (including phenoxy) is 3.